The summed E-state index contributed by atoms with van der Waals surface area (Å²) in [6.45, 7) is 0. The minimum absolute atomic E-state index is 0. The van der Waals surface area contributed by atoms with Crippen molar-refractivity contribution in [2.24, 2.45) is 0 Å². The minimum atomic E-state index is -1.57. The van der Waals surface area contributed by atoms with Crippen molar-refractivity contribution in [1.29, 1.82) is 0 Å². The van der Waals surface area contributed by atoms with Gasteiger partial charge in [0.1, 0.15) is 0 Å². The van der Waals surface area contributed by atoms with Crippen LogP contribution in [0.15, 0.2) is 0 Å². The van der Waals surface area contributed by atoms with E-state index >= 15 is 0 Å². The molecule has 0 radical (unpaired) electrons. The predicted octanol–water partition coefficient (Wildman–Crippen LogP) is 3.49. The van der Waals surface area contributed by atoms with Gasteiger partial charge in [-0.1, -0.05) is 0 Å². The van der Waals surface area contributed by atoms with Crippen molar-refractivity contribution in [1.82, 2.24) is 0 Å². The Morgan fingerprint density at radius 2 is 1.00 bits per heavy atom. The molecule has 59 valence electrons. The topological polar surface area (TPSA) is 0 Å². The number of halogens is 5. The molecule has 0 saturated carbocycles. The van der Waals surface area contributed by atoms with Crippen molar-refractivity contribution in [3.8, 4) is 0 Å². The van der Waals surface area contributed by atoms with Crippen LogP contribution in [0.4, 0.5) is 0 Å². The molecule has 0 fully saturated rings. The third kappa shape index (κ3) is 72.6. The molecule has 0 atom stereocenters. The fourth-order valence-electron chi connectivity index (χ4n) is 0. The maximum atomic E-state index is 4.92. The van der Waals surface area contributed by atoms with Crippen molar-refractivity contribution < 1.29 is 30.8 Å². The third-order valence-electron chi connectivity index (χ3n) is 0. The standard InChI is InChI=1S/CH2Cl2.3ClH.Fe.Pd/c2-1-3;;;;;/h1H2;3*1H;;/q;;;;;+3/p-3. The van der Waals surface area contributed by atoms with Crippen LogP contribution in [0.25, 0.3) is 0 Å². The average Bonchev–Trinajstić information content (AvgIpc) is 1.33. The smallest absolute Gasteiger partial charge is 0 e. The fourth-order valence-corrected chi connectivity index (χ4v) is 0. The van der Waals surface area contributed by atoms with E-state index in [0.717, 1.165) is 0 Å². The van der Waals surface area contributed by atoms with Crippen LogP contribution in [0.1, 0.15) is 0 Å². The van der Waals surface area contributed by atoms with Gasteiger partial charge in [-0.05, 0) is 0 Å². The van der Waals surface area contributed by atoms with Crippen LogP contribution < -0.4 is 0 Å². The summed E-state index contributed by atoms with van der Waals surface area (Å²) in [5.41, 5.74) is 0. The molecule has 7 heteroatoms. The Kier molecular flexibility index (Phi) is 34.5. The van der Waals surface area contributed by atoms with Gasteiger partial charge in [0.05, 0.1) is 5.34 Å². The third-order valence-corrected chi connectivity index (χ3v) is 0. The van der Waals surface area contributed by atoms with Gasteiger partial charge in [-0.25, -0.2) is 0 Å². The molecule has 0 aromatic rings. The molecule has 0 aliphatic rings. The Morgan fingerprint density at radius 1 is 1.00 bits per heavy atom. The van der Waals surface area contributed by atoms with E-state index in [1.807, 2.05) is 0 Å². The molecule has 0 saturated heterocycles. The van der Waals surface area contributed by atoms with E-state index < -0.39 is 13.7 Å². The average molecular weight is 354 g/mol. The van der Waals surface area contributed by atoms with E-state index in [1.54, 1.807) is 0 Å². The zero-order chi connectivity index (χ0) is 6.28. The van der Waals surface area contributed by atoms with Crippen molar-refractivity contribution in [2.45, 2.75) is 0 Å². The summed E-state index contributed by atoms with van der Waals surface area (Å²) in [6.07, 6.45) is 0. The van der Waals surface area contributed by atoms with Gasteiger partial charge in [0, 0.05) is 17.1 Å². The first kappa shape index (κ1) is 16.9. The van der Waals surface area contributed by atoms with E-state index in [1.165, 1.54) is 0 Å². The first-order chi connectivity index (χ1) is 3.15. The van der Waals surface area contributed by atoms with E-state index in [2.05, 4.69) is 0 Å². The number of rotatable bonds is 0. The zero-order valence-corrected chi connectivity index (χ0v) is 9.71. The molecule has 0 spiro atoms. The monoisotopic (exact) mass is 351 g/mol. The molecule has 0 heterocycles. The molecule has 0 nitrogen and oxygen atoms in total. The van der Waals surface area contributed by atoms with Gasteiger partial charge >= 0.3 is 42.3 Å². The molecular weight excluding hydrogens is 352 g/mol. The SMILES string of the molecule is ClCCl.[Cl][Pd]([Cl])[Cl].[Fe]. The first-order valence-corrected chi connectivity index (χ1v) is 7.97. The summed E-state index contributed by atoms with van der Waals surface area (Å²) in [4.78, 5) is 0. The summed E-state index contributed by atoms with van der Waals surface area (Å²) >= 11 is 7.96. The van der Waals surface area contributed by atoms with Gasteiger partial charge in [-0.15, -0.1) is 23.2 Å². The maximum Gasteiger partial charge on any atom is 0 e. The summed E-state index contributed by atoms with van der Waals surface area (Å²) in [5.74, 6) is 0. The minimum Gasteiger partial charge on any atom is 0 e. The van der Waals surface area contributed by atoms with Gasteiger partial charge in [0.25, 0.3) is 0 Å². The number of hydrogen-bond donors (Lipinski definition) is 0. The van der Waals surface area contributed by atoms with Crippen LogP contribution in [-0.4, -0.2) is 5.34 Å². The van der Waals surface area contributed by atoms with Crippen LogP contribution in [0.3, 0.4) is 0 Å². The quantitative estimate of drug-likeness (QED) is 0.462. The molecule has 0 unspecified atom stereocenters. The Labute approximate surface area is 86.8 Å². The van der Waals surface area contributed by atoms with Gasteiger partial charge in [-0.3, -0.25) is 0 Å². The van der Waals surface area contributed by atoms with Crippen molar-refractivity contribution in [3.05, 3.63) is 0 Å². The molecule has 0 aliphatic carbocycles. The second-order valence-corrected chi connectivity index (χ2v) is 8.13. The molecule has 0 amide bonds. The molecular formula is CH2Cl5FePd. The molecule has 0 aromatic heterocycles. The van der Waals surface area contributed by atoms with Crippen LogP contribution in [0.2, 0.25) is 0 Å². The van der Waals surface area contributed by atoms with Gasteiger partial charge in [-0.2, -0.15) is 0 Å². The maximum absolute atomic E-state index is 4.92. The summed E-state index contributed by atoms with van der Waals surface area (Å²) < 4.78 is 0. The molecule has 0 aromatic carbocycles. The van der Waals surface area contributed by atoms with Gasteiger partial charge in [0.2, 0.25) is 0 Å². The Bertz CT molecular complexity index is 23.6. The van der Waals surface area contributed by atoms with Crippen molar-refractivity contribution >= 4 is 51.8 Å². The number of alkyl halides is 2. The normalized spacial score (nSPS) is 7.88. The van der Waals surface area contributed by atoms with E-state index in [-0.39, 0.29) is 22.4 Å². The fraction of sp³-hybridized carbons (Fsp3) is 1.00. The van der Waals surface area contributed by atoms with Crippen molar-refractivity contribution in [2.75, 3.05) is 5.34 Å². The Morgan fingerprint density at radius 3 is 1.00 bits per heavy atom. The van der Waals surface area contributed by atoms with Crippen LogP contribution in [0, 0.1) is 0 Å². The number of hydrogen-bond acceptors (Lipinski definition) is 0. The summed E-state index contributed by atoms with van der Waals surface area (Å²) in [5, 5.41) is 0.194. The second-order valence-electron chi connectivity index (χ2n) is 0.237. The summed E-state index contributed by atoms with van der Waals surface area (Å²) in [6, 6.07) is 0. The zero-order valence-electron chi connectivity index (χ0n) is 3.27. The van der Waals surface area contributed by atoms with Crippen LogP contribution >= 0.6 is 51.8 Å². The predicted molar refractivity (Wildman–Crippen MR) is 34.1 cm³/mol. The van der Waals surface area contributed by atoms with E-state index in [9.17, 15) is 0 Å². The molecule has 0 bridgehead atoms. The second kappa shape index (κ2) is 16.3. The molecule has 8 heavy (non-hydrogen) atoms. The van der Waals surface area contributed by atoms with Crippen molar-refractivity contribution in [3.63, 3.8) is 0 Å². The van der Waals surface area contributed by atoms with Crippen LogP contribution in [0.5, 0.6) is 0 Å². The first-order valence-electron chi connectivity index (χ1n) is 0.893. The van der Waals surface area contributed by atoms with Gasteiger partial charge in [0.15, 0.2) is 0 Å². The molecule has 0 rings (SSSR count). The van der Waals surface area contributed by atoms with Gasteiger partial charge < -0.3 is 0 Å². The largest absolute Gasteiger partial charge is 0 e. The molecule has 0 N–H and O–H groups in total. The molecule has 0 aliphatic heterocycles. The van der Waals surface area contributed by atoms with E-state index in [0.29, 0.717) is 0 Å². The van der Waals surface area contributed by atoms with E-state index in [4.69, 9.17) is 51.8 Å². The Hall–Kier alpha value is 2.63. The Balaban J connectivity index is -0.0000000575. The van der Waals surface area contributed by atoms with Crippen LogP contribution in [-0.2, 0) is 30.8 Å². The summed E-state index contributed by atoms with van der Waals surface area (Å²) in [7, 11) is 14.8.